The Kier molecular flexibility index (Phi) is 43.7. The van der Waals surface area contributed by atoms with Crippen molar-refractivity contribution in [3.63, 3.8) is 0 Å². The van der Waals surface area contributed by atoms with Crippen molar-refractivity contribution in [3.8, 4) is 0 Å². The largest absolute Gasteiger partial charge is 0.466 e. The number of nitrogens with one attached hydrogen (secondary N) is 1. The quantitative estimate of drug-likeness (QED) is 0.0325. The third kappa shape index (κ3) is 41.8. The fourth-order valence-electron chi connectivity index (χ4n) is 7.26. The lowest BCUT2D eigenvalue weighted by molar-refractivity contribution is -0.143. The molecule has 55 heavy (non-hydrogen) atoms. The van der Waals surface area contributed by atoms with Crippen molar-refractivity contribution in [2.24, 2.45) is 0 Å². The minimum absolute atomic E-state index is 0.0129. The highest BCUT2D eigenvalue weighted by molar-refractivity contribution is 5.76. The Hall–Kier alpha value is -1.66. The van der Waals surface area contributed by atoms with E-state index in [4.69, 9.17) is 4.74 Å². The van der Waals surface area contributed by atoms with Crippen LogP contribution in [-0.2, 0) is 14.3 Å². The lowest BCUT2D eigenvalue weighted by atomic mass is 10.0. The summed E-state index contributed by atoms with van der Waals surface area (Å²) >= 11 is 0. The van der Waals surface area contributed by atoms with Gasteiger partial charge in [-0.15, -0.1) is 0 Å². The van der Waals surface area contributed by atoms with Gasteiger partial charge in [0.1, 0.15) is 0 Å². The Morgan fingerprint density at radius 3 is 1.45 bits per heavy atom. The molecule has 0 saturated heterocycles. The van der Waals surface area contributed by atoms with Crippen molar-refractivity contribution in [1.29, 1.82) is 0 Å². The summed E-state index contributed by atoms with van der Waals surface area (Å²) in [6.45, 7) is 4.84. The lowest BCUT2D eigenvalue weighted by Gasteiger charge is -2.22. The van der Waals surface area contributed by atoms with E-state index in [9.17, 15) is 19.8 Å². The van der Waals surface area contributed by atoms with Crippen molar-refractivity contribution in [3.05, 3.63) is 24.3 Å². The maximum atomic E-state index is 12.4. The highest BCUT2D eigenvalue weighted by Gasteiger charge is 2.20. The van der Waals surface area contributed by atoms with E-state index in [2.05, 4.69) is 43.5 Å². The summed E-state index contributed by atoms with van der Waals surface area (Å²) in [4.78, 5) is 24.4. The van der Waals surface area contributed by atoms with E-state index in [0.29, 0.717) is 25.9 Å². The summed E-state index contributed by atoms with van der Waals surface area (Å²) in [5.74, 6) is -0.0583. The van der Waals surface area contributed by atoms with Crippen LogP contribution in [-0.4, -0.2) is 47.4 Å². The van der Waals surface area contributed by atoms with Gasteiger partial charge in [-0.25, -0.2) is 0 Å². The van der Waals surface area contributed by atoms with Gasteiger partial charge in [-0.1, -0.05) is 212 Å². The number of hydrogen-bond acceptors (Lipinski definition) is 5. The first kappa shape index (κ1) is 53.3. The van der Waals surface area contributed by atoms with Crippen LogP contribution in [0.3, 0.4) is 0 Å². The molecule has 6 nitrogen and oxygen atoms in total. The van der Waals surface area contributed by atoms with Gasteiger partial charge >= 0.3 is 5.97 Å². The molecule has 2 atom stereocenters. The molecule has 0 saturated carbocycles. The molecule has 2 unspecified atom stereocenters. The first-order chi connectivity index (χ1) is 27.0. The standard InChI is InChI=1S/C49H93NO5/c1-3-5-7-9-11-13-14-19-23-27-31-35-39-43-49(54)55-44-40-36-32-28-24-21-18-16-15-17-20-22-26-30-34-38-42-48(53)50-46(45-51)47(52)41-37-33-29-25-12-10-8-6-4-2/h7,9,13-14,46-47,51-52H,3-6,8,10-12,15-45H2,1-2H3,(H,50,53)/b9-7-,14-13-. The van der Waals surface area contributed by atoms with Gasteiger partial charge in [0.2, 0.25) is 5.91 Å². The summed E-state index contributed by atoms with van der Waals surface area (Å²) in [5.41, 5.74) is 0. The van der Waals surface area contributed by atoms with Gasteiger partial charge in [-0.3, -0.25) is 9.59 Å². The summed E-state index contributed by atoms with van der Waals surface area (Å²) < 4.78 is 5.45. The number of ether oxygens (including phenoxy) is 1. The van der Waals surface area contributed by atoms with Crippen LogP contribution < -0.4 is 5.32 Å². The second kappa shape index (κ2) is 45.0. The normalized spacial score (nSPS) is 12.9. The minimum atomic E-state index is -0.666. The van der Waals surface area contributed by atoms with Crippen molar-refractivity contribution in [2.45, 2.75) is 264 Å². The molecule has 0 rings (SSSR count). The SMILES string of the molecule is CCC/C=C\C/C=C\CCCCCCCC(=O)OCCCCCCCCCCCCCCCCCCC(=O)NC(CO)C(O)CCCCCCCCCCC. The molecule has 0 aliphatic rings. The smallest absolute Gasteiger partial charge is 0.305 e. The van der Waals surface area contributed by atoms with E-state index >= 15 is 0 Å². The summed E-state index contributed by atoms with van der Waals surface area (Å²) in [5, 5.41) is 23.0. The number of carbonyl (C=O) groups excluding carboxylic acids is 2. The number of aliphatic hydroxyl groups excluding tert-OH is 2. The molecule has 0 aliphatic heterocycles. The number of aliphatic hydroxyl groups is 2. The molecule has 0 aliphatic carbocycles. The Labute approximate surface area is 341 Å². The molecule has 3 N–H and O–H groups in total. The van der Waals surface area contributed by atoms with Crippen LogP contribution in [0, 0.1) is 0 Å². The molecule has 0 fully saturated rings. The predicted molar refractivity (Wildman–Crippen MR) is 236 cm³/mol. The highest BCUT2D eigenvalue weighted by atomic mass is 16.5. The third-order valence-corrected chi connectivity index (χ3v) is 11.0. The van der Waals surface area contributed by atoms with Gasteiger partial charge in [0.25, 0.3) is 0 Å². The Morgan fingerprint density at radius 2 is 0.945 bits per heavy atom. The number of rotatable bonds is 44. The summed E-state index contributed by atoms with van der Waals surface area (Å²) in [6, 6.07) is -0.544. The van der Waals surface area contributed by atoms with E-state index in [1.165, 1.54) is 161 Å². The molecular weight excluding hydrogens is 683 g/mol. The Bertz CT molecular complexity index is 858. The Morgan fingerprint density at radius 1 is 0.509 bits per heavy atom. The van der Waals surface area contributed by atoms with Crippen molar-refractivity contribution in [2.75, 3.05) is 13.2 Å². The first-order valence-electron chi connectivity index (χ1n) is 24.1. The zero-order chi connectivity index (χ0) is 40.1. The molecule has 0 radical (unpaired) electrons. The molecule has 0 spiro atoms. The fourth-order valence-corrected chi connectivity index (χ4v) is 7.26. The van der Waals surface area contributed by atoms with E-state index in [1.54, 1.807) is 0 Å². The monoisotopic (exact) mass is 776 g/mol. The fraction of sp³-hybridized carbons (Fsp3) is 0.878. The topological polar surface area (TPSA) is 95.9 Å². The molecule has 0 heterocycles. The van der Waals surface area contributed by atoms with Gasteiger partial charge in [-0.05, 0) is 51.4 Å². The van der Waals surface area contributed by atoms with Gasteiger partial charge < -0.3 is 20.3 Å². The second-order valence-electron chi connectivity index (χ2n) is 16.4. The zero-order valence-corrected chi connectivity index (χ0v) is 36.7. The van der Waals surface area contributed by atoms with E-state index in [0.717, 1.165) is 57.8 Å². The number of unbranched alkanes of at least 4 members (excludes halogenated alkanes) is 29. The van der Waals surface area contributed by atoms with Crippen LogP contribution in [0.2, 0.25) is 0 Å². The van der Waals surface area contributed by atoms with Gasteiger partial charge in [0.15, 0.2) is 0 Å². The van der Waals surface area contributed by atoms with Crippen molar-refractivity contribution in [1.82, 2.24) is 5.32 Å². The number of esters is 1. The van der Waals surface area contributed by atoms with E-state index in [-0.39, 0.29) is 18.5 Å². The van der Waals surface area contributed by atoms with E-state index < -0.39 is 12.1 Å². The maximum Gasteiger partial charge on any atom is 0.305 e. The number of amides is 1. The molecule has 0 bridgehead atoms. The van der Waals surface area contributed by atoms with Crippen LogP contribution in [0.25, 0.3) is 0 Å². The van der Waals surface area contributed by atoms with Crippen LogP contribution in [0.5, 0.6) is 0 Å². The highest BCUT2D eigenvalue weighted by Crippen LogP contribution is 2.16. The van der Waals surface area contributed by atoms with Crippen LogP contribution in [0.15, 0.2) is 24.3 Å². The molecule has 6 heteroatoms. The number of carbonyl (C=O) groups is 2. The van der Waals surface area contributed by atoms with Crippen LogP contribution in [0.1, 0.15) is 251 Å². The molecular formula is C49H93NO5. The van der Waals surface area contributed by atoms with Crippen LogP contribution >= 0.6 is 0 Å². The van der Waals surface area contributed by atoms with E-state index in [1.807, 2.05) is 0 Å². The predicted octanol–water partition coefficient (Wildman–Crippen LogP) is 14.0. The third-order valence-electron chi connectivity index (χ3n) is 11.0. The van der Waals surface area contributed by atoms with Gasteiger partial charge in [-0.2, -0.15) is 0 Å². The number of hydrogen-bond donors (Lipinski definition) is 3. The average Bonchev–Trinajstić information content (AvgIpc) is 3.18. The molecule has 0 aromatic carbocycles. The number of allylic oxidation sites excluding steroid dienone is 4. The summed E-state index contributed by atoms with van der Waals surface area (Å²) in [7, 11) is 0. The summed E-state index contributed by atoms with van der Waals surface area (Å²) in [6.07, 6.45) is 51.4. The Balaban J connectivity index is 3.41. The lowest BCUT2D eigenvalue weighted by Crippen LogP contribution is -2.45. The van der Waals surface area contributed by atoms with Crippen LogP contribution in [0.4, 0.5) is 0 Å². The molecule has 1 amide bonds. The maximum absolute atomic E-state index is 12.4. The van der Waals surface area contributed by atoms with Gasteiger partial charge in [0, 0.05) is 12.8 Å². The second-order valence-corrected chi connectivity index (χ2v) is 16.4. The van der Waals surface area contributed by atoms with Crippen molar-refractivity contribution >= 4 is 11.9 Å². The van der Waals surface area contributed by atoms with Gasteiger partial charge in [0.05, 0.1) is 25.4 Å². The molecule has 0 aromatic heterocycles. The minimum Gasteiger partial charge on any atom is -0.466 e. The van der Waals surface area contributed by atoms with Crippen molar-refractivity contribution < 1.29 is 24.5 Å². The average molecular weight is 776 g/mol. The first-order valence-corrected chi connectivity index (χ1v) is 24.1. The molecule has 0 aromatic rings. The molecule has 324 valence electrons. The zero-order valence-electron chi connectivity index (χ0n) is 36.7.